The Morgan fingerprint density at radius 2 is 1.72 bits per heavy atom. The molecule has 1 unspecified atom stereocenters. The highest BCUT2D eigenvalue weighted by molar-refractivity contribution is 6.07. The zero-order chi connectivity index (χ0) is 21.0. The topological polar surface area (TPSA) is 86.7 Å². The van der Waals surface area contributed by atoms with Crippen LogP contribution in [0.4, 0.5) is 0 Å². The van der Waals surface area contributed by atoms with Crippen LogP contribution in [0, 0.1) is 11.8 Å². The number of carbonyl (C=O) groups excluding carboxylic acids is 2. The van der Waals surface area contributed by atoms with Crippen molar-refractivity contribution in [1.82, 2.24) is 10.2 Å². The SMILES string of the molecule is CC(C)CC(NC(=O)C1CCN(C(=O)c2cccc3ccccc23)CC1)C(=O)O. The summed E-state index contributed by atoms with van der Waals surface area (Å²) in [6.07, 6.45) is 1.48. The van der Waals surface area contributed by atoms with Gasteiger partial charge in [0.2, 0.25) is 5.91 Å². The highest BCUT2D eigenvalue weighted by Gasteiger charge is 2.30. The molecule has 1 fully saturated rings. The van der Waals surface area contributed by atoms with Crippen LogP contribution in [-0.2, 0) is 9.59 Å². The van der Waals surface area contributed by atoms with E-state index in [1.54, 1.807) is 4.90 Å². The zero-order valence-corrected chi connectivity index (χ0v) is 16.9. The predicted octanol–water partition coefficient (Wildman–Crippen LogP) is 3.31. The first-order valence-corrected chi connectivity index (χ1v) is 10.2. The Morgan fingerprint density at radius 1 is 1.07 bits per heavy atom. The van der Waals surface area contributed by atoms with E-state index >= 15 is 0 Å². The first kappa shape index (κ1) is 20.8. The number of benzene rings is 2. The maximum Gasteiger partial charge on any atom is 0.326 e. The van der Waals surface area contributed by atoms with Crippen LogP contribution in [0.15, 0.2) is 42.5 Å². The molecular weight excluding hydrogens is 368 g/mol. The Bertz CT molecular complexity index is 895. The summed E-state index contributed by atoms with van der Waals surface area (Å²) in [7, 11) is 0. The number of amides is 2. The van der Waals surface area contributed by atoms with Gasteiger partial charge in [-0.2, -0.15) is 0 Å². The number of hydrogen-bond donors (Lipinski definition) is 2. The first-order chi connectivity index (χ1) is 13.9. The standard InChI is InChI=1S/C23H28N2O4/c1-15(2)14-20(23(28)29)24-21(26)17-10-12-25(13-11-17)22(27)19-9-5-7-16-6-3-4-8-18(16)19/h3-9,15,17,20H,10-14H2,1-2H3,(H,24,26)(H,28,29). The summed E-state index contributed by atoms with van der Waals surface area (Å²) >= 11 is 0. The third-order valence-corrected chi connectivity index (χ3v) is 5.49. The van der Waals surface area contributed by atoms with Crippen LogP contribution in [0.3, 0.4) is 0 Å². The van der Waals surface area contributed by atoms with E-state index in [1.165, 1.54) is 0 Å². The monoisotopic (exact) mass is 396 g/mol. The minimum atomic E-state index is -1.00. The number of nitrogens with one attached hydrogen (secondary N) is 1. The smallest absolute Gasteiger partial charge is 0.326 e. The number of nitrogens with zero attached hydrogens (tertiary/aromatic N) is 1. The quantitative estimate of drug-likeness (QED) is 0.784. The van der Waals surface area contributed by atoms with Crippen molar-refractivity contribution in [2.45, 2.75) is 39.2 Å². The van der Waals surface area contributed by atoms with Gasteiger partial charge in [0.05, 0.1) is 0 Å². The molecule has 2 aromatic rings. The number of likely N-dealkylation sites (tertiary alicyclic amines) is 1. The number of carbonyl (C=O) groups is 3. The highest BCUT2D eigenvalue weighted by Crippen LogP contribution is 2.24. The fourth-order valence-corrected chi connectivity index (χ4v) is 3.91. The lowest BCUT2D eigenvalue weighted by Gasteiger charge is -2.32. The summed E-state index contributed by atoms with van der Waals surface area (Å²) in [5.74, 6) is -1.34. The summed E-state index contributed by atoms with van der Waals surface area (Å²) in [6.45, 7) is 4.84. The van der Waals surface area contributed by atoms with Gasteiger partial charge >= 0.3 is 5.97 Å². The summed E-state index contributed by atoms with van der Waals surface area (Å²) < 4.78 is 0. The van der Waals surface area contributed by atoms with Crippen molar-refractivity contribution in [3.63, 3.8) is 0 Å². The van der Waals surface area contributed by atoms with Crippen LogP contribution in [0.5, 0.6) is 0 Å². The van der Waals surface area contributed by atoms with E-state index in [-0.39, 0.29) is 23.7 Å². The van der Waals surface area contributed by atoms with Crippen LogP contribution in [0.2, 0.25) is 0 Å². The van der Waals surface area contributed by atoms with E-state index in [0.29, 0.717) is 37.9 Å². The molecule has 0 aromatic heterocycles. The Hall–Kier alpha value is -2.89. The van der Waals surface area contributed by atoms with Crippen molar-refractivity contribution in [3.8, 4) is 0 Å². The van der Waals surface area contributed by atoms with E-state index < -0.39 is 12.0 Å². The second-order valence-corrected chi connectivity index (χ2v) is 8.12. The summed E-state index contributed by atoms with van der Waals surface area (Å²) in [6, 6.07) is 12.7. The van der Waals surface area contributed by atoms with Gasteiger partial charge in [-0.05, 0) is 42.0 Å². The predicted molar refractivity (Wildman–Crippen MR) is 112 cm³/mol. The number of fused-ring (bicyclic) bond motifs is 1. The van der Waals surface area contributed by atoms with Gasteiger partial charge in [0.25, 0.3) is 5.91 Å². The van der Waals surface area contributed by atoms with Crippen LogP contribution >= 0.6 is 0 Å². The maximum atomic E-state index is 13.0. The molecule has 0 radical (unpaired) electrons. The molecule has 1 heterocycles. The lowest BCUT2D eigenvalue weighted by atomic mass is 9.94. The summed E-state index contributed by atoms with van der Waals surface area (Å²) in [5, 5.41) is 14.0. The van der Waals surface area contributed by atoms with Crippen molar-refractivity contribution >= 4 is 28.6 Å². The fourth-order valence-electron chi connectivity index (χ4n) is 3.91. The van der Waals surface area contributed by atoms with Gasteiger partial charge in [-0.1, -0.05) is 50.2 Å². The van der Waals surface area contributed by atoms with Gasteiger partial charge in [-0.3, -0.25) is 9.59 Å². The van der Waals surface area contributed by atoms with Crippen LogP contribution in [0.25, 0.3) is 10.8 Å². The molecule has 0 spiro atoms. The van der Waals surface area contributed by atoms with E-state index in [9.17, 15) is 19.5 Å². The normalized spacial score (nSPS) is 16.0. The van der Waals surface area contributed by atoms with Gasteiger partial charge in [-0.15, -0.1) is 0 Å². The van der Waals surface area contributed by atoms with Gasteiger partial charge in [0.1, 0.15) is 6.04 Å². The van der Waals surface area contributed by atoms with Crippen molar-refractivity contribution < 1.29 is 19.5 Å². The third kappa shape index (κ3) is 4.94. The molecule has 154 valence electrons. The molecule has 29 heavy (non-hydrogen) atoms. The molecule has 0 aliphatic carbocycles. The van der Waals surface area contributed by atoms with Gasteiger partial charge in [0.15, 0.2) is 0 Å². The van der Waals surface area contributed by atoms with E-state index in [4.69, 9.17) is 0 Å². The van der Waals surface area contributed by atoms with Crippen molar-refractivity contribution in [3.05, 3.63) is 48.0 Å². The number of rotatable bonds is 6. The number of piperidine rings is 1. The molecule has 1 aliphatic rings. The lowest BCUT2D eigenvalue weighted by Crippen LogP contribution is -2.47. The van der Waals surface area contributed by atoms with Gasteiger partial charge < -0.3 is 15.3 Å². The van der Waals surface area contributed by atoms with Crippen molar-refractivity contribution in [2.75, 3.05) is 13.1 Å². The third-order valence-electron chi connectivity index (χ3n) is 5.49. The summed E-state index contributed by atoms with van der Waals surface area (Å²) in [4.78, 5) is 38.7. The Morgan fingerprint density at radius 3 is 2.38 bits per heavy atom. The Labute approximate surface area is 170 Å². The van der Waals surface area contributed by atoms with Crippen LogP contribution < -0.4 is 5.32 Å². The largest absolute Gasteiger partial charge is 0.480 e. The molecule has 1 saturated heterocycles. The molecule has 2 amide bonds. The molecule has 2 N–H and O–H groups in total. The second-order valence-electron chi connectivity index (χ2n) is 8.12. The molecule has 2 aromatic carbocycles. The van der Waals surface area contributed by atoms with E-state index in [0.717, 1.165) is 10.8 Å². The molecule has 6 heteroatoms. The molecule has 0 bridgehead atoms. The Balaban J connectivity index is 1.62. The van der Waals surface area contributed by atoms with Crippen molar-refractivity contribution in [2.24, 2.45) is 11.8 Å². The van der Waals surface area contributed by atoms with Crippen LogP contribution in [-0.4, -0.2) is 46.9 Å². The van der Waals surface area contributed by atoms with Crippen LogP contribution in [0.1, 0.15) is 43.5 Å². The molecular formula is C23H28N2O4. The number of aliphatic carboxylic acids is 1. The maximum absolute atomic E-state index is 13.0. The van der Waals surface area contributed by atoms with Gasteiger partial charge in [0, 0.05) is 24.6 Å². The minimum Gasteiger partial charge on any atom is -0.480 e. The molecule has 1 aliphatic heterocycles. The zero-order valence-electron chi connectivity index (χ0n) is 16.9. The molecule has 3 rings (SSSR count). The summed E-state index contributed by atoms with van der Waals surface area (Å²) in [5.41, 5.74) is 0.675. The molecule has 0 saturated carbocycles. The number of carboxylic acids is 1. The lowest BCUT2D eigenvalue weighted by molar-refractivity contribution is -0.143. The first-order valence-electron chi connectivity index (χ1n) is 10.2. The number of hydrogen-bond acceptors (Lipinski definition) is 3. The molecule has 6 nitrogen and oxygen atoms in total. The highest BCUT2D eigenvalue weighted by atomic mass is 16.4. The minimum absolute atomic E-state index is 0.0242. The van der Waals surface area contributed by atoms with E-state index in [2.05, 4.69) is 5.32 Å². The number of carboxylic acid groups (broad SMARTS) is 1. The van der Waals surface area contributed by atoms with Gasteiger partial charge in [-0.25, -0.2) is 4.79 Å². The second kappa shape index (κ2) is 9.07. The van der Waals surface area contributed by atoms with Crippen molar-refractivity contribution in [1.29, 1.82) is 0 Å². The average molecular weight is 396 g/mol. The van der Waals surface area contributed by atoms with E-state index in [1.807, 2.05) is 56.3 Å². The molecule has 1 atom stereocenters. The average Bonchev–Trinajstić information content (AvgIpc) is 2.72. The Kier molecular flexibility index (Phi) is 6.52. The fraction of sp³-hybridized carbons (Fsp3) is 0.435.